The number of hydrogen-bond donors (Lipinski definition) is 2. The Morgan fingerprint density at radius 1 is 1.07 bits per heavy atom. The summed E-state index contributed by atoms with van der Waals surface area (Å²) in [5, 5.41) is 13.4. The number of nitrogens with zero attached hydrogens (tertiary/aromatic N) is 1. The first-order chi connectivity index (χ1) is 12.6. The molecule has 0 saturated carbocycles. The molecule has 0 fully saturated rings. The Morgan fingerprint density at radius 2 is 1.74 bits per heavy atom. The van der Waals surface area contributed by atoms with Crippen LogP contribution >= 0.6 is 0 Å². The second-order valence-corrected chi connectivity index (χ2v) is 9.51. The molecule has 1 heterocycles. The van der Waals surface area contributed by atoms with Crippen molar-refractivity contribution >= 4 is 15.9 Å². The number of rotatable bonds is 3. The number of sulfonamides is 1. The molecule has 0 bridgehead atoms. The summed E-state index contributed by atoms with van der Waals surface area (Å²) in [7, 11) is -4.34. The summed E-state index contributed by atoms with van der Waals surface area (Å²) in [4.78, 5) is 12.4. The van der Waals surface area contributed by atoms with Crippen LogP contribution in [0.5, 0.6) is 0 Å². The van der Waals surface area contributed by atoms with Gasteiger partial charge in [-0.3, -0.25) is 10.0 Å². The molecule has 2 N–H and O–H groups in total. The van der Waals surface area contributed by atoms with Gasteiger partial charge in [0.15, 0.2) is 0 Å². The molecule has 0 spiro atoms. The van der Waals surface area contributed by atoms with E-state index in [0.29, 0.717) is 6.54 Å². The van der Waals surface area contributed by atoms with Gasteiger partial charge in [-0.25, -0.2) is 0 Å². The summed E-state index contributed by atoms with van der Waals surface area (Å²) in [5.74, 6) is -0.962. The lowest BCUT2D eigenvalue weighted by molar-refractivity contribution is 0.00789. The summed E-state index contributed by atoms with van der Waals surface area (Å²) in [5.41, 5.74) is 3.03. The van der Waals surface area contributed by atoms with E-state index in [1.807, 2.05) is 20.8 Å². The number of hydrogen-bond acceptors (Lipinski definition) is 5. The van der Waals surface area contributed by atoms with Crippen LogP contribution in [-0.4, -0.2) is 30.5 Å². The van der Waals surface area contributed by atoms with Crippen molar-refractivity contribution in [2.45, 2.75) is 44.0 Å². The van der Waals surface area contributed by atoms with Crippen LogP contribution in [0.4, 0.5) is 0 Å². The lowest BCUT2D eigenvalue weighted by Gasteiger charge is -2.21. The van der Waals surface area contributed by atoms with Gasteiger partial charge in [0.05, 0.1) is 4.90 Å². The average molecular weight is 388 g/mol. The van der Waals surface area contributed by atoms with Gasteiger partial charge in [0.1, 0.15) is 0 Å². The molecule has 7 heteroatoms. The molecule has 1 aliphatic rings. The fourth-order valence-electron chi connectivity index (χ4n) is 3.06. The van der Waals surface area contributed by atoms with E-state index < -0.39 is 15.9 Å². The lowest BCUT2D eigenvalue weighted by Crippen LogP contribution is -2.34. The number of hydroxylamine groups is 1. The molecule has 0 unspecified atom stereocenters. The number of nitrogens with one attached hydrogen (secondary N) is 1. The van der Waals surface area contributed by atoms with E-state index in [0.717, 1.165) is 29.7 Å². The minimum absolute atomic E-state index is 0.130. The van der Waals surface area contributed by atoms with Crippen molar-refractivity contribution in [2.75, 3.05) is 6.54 Å². The van der Waals surface area contributed by atoms with Gasteiger partial charge in [0.2, 0.25) is 0 Å². The van der Waals surface area contributed by atoms with E-state index >= 15 is 0 Å². The molecule has 1 aliphatic heterocycles. The zero-order valence-corrected chi connectivity index (χ0v) is 16.5. The summed E-state index contributed by atoms with van der Waals surface area (Å²) in [6.07, 6.45) is 0.753. The highest BCUT2D eigenvalue weighted by Gasteiger charge is 2.30. The molecule has 2 aromatic rings. The van der Waals surface area contributed by atoms with Gasteiger partial charge in [-0.2, -0.15) is 8.42 Å². The van der Waals surface area contributed by atoms with E-state index in [4.69, 9.17) is 0 Å². The minimum atomic E-state index is -4.34. The second kappa shape index (κ2) is 7.07. The molecule has 3 rings (SSSR count). The maximum absolute atomic E-state index is 12.6. The van der Waals surface area contributed by atoms with Crippen LogP contribution in [0, 0.1) is 0 Å². The zero-order valence-electron chi connectivity index (χ0n) is 15.7. The average Bonchev–Trinajstić information content (AvgIpc) is 2.65. The number of carbonyl (C=O) groups excluding carboxylic acids is 1. The highest BCUT2D eigenvalue weighted by Crippen LogP contribution is 2.25. The summed E-state index contributed by atoms with van der Waals surface area (Å²) in [6.45, 7) is 7.56. The van der Waals surface area contributed by atoms with Crippen LogP contribution in [0.25, 0.3) is 0 Å². The highest BCUT2D eigenvalue weighted by atomic mass is 32.2. The SMILES string of the molecule is CC(C)(C)c1ccc(S(=O)(=O)N(O)C(=O)c2ccc3c(c2)CCNC3)cc1. The number of carbonyl (C=O) groups is 1. The lowest BCUT2D eigenvalue weighted by atomic mass is 9.87. The Kier molecular flexibility index (Phi) is 5.12. The van der Waals surface area contributed by atoms with E-state index in [9.17, 15) is 18.4 Å². The molecule has 27 heavy (non-hydrogen) atoms. The first-order valence-corrected chi connectivity index (χ1v) is 10.3. The predicted octanol–water partition coefficient (Wildman–Crippen LogP) is 2.85. The summed E-state index contributed by atoms with van der Waals surface area (Å²) >= 11 is 0. The van der Waals surface area contributed by atoms with E-state index in [2.05, 4.69) is 5.32 Å². The second-order valence-electron chi connectivity index (χ2n) is 7.74. The minimum Gasteiger partial charge on any atom is -0.312 e. The van der Waals surface area contributed by atoms with Crippen molar-refractivity contribution in [1.29, 1.82) is 0 Å². The number of benzene rings is 2. The van der Waals surface area contributed by atoms with Crippen LogP contribution in [0.1, 0.15) is 47.8 Å². The molecule has 2 aromatic carbocycles. The summed E-state index contributed by atoms with van der Waals surface area (Å²) in [6, 6.07) is 11.2. The molecule has 0 aliphatic carbocycles. The Hall–Kier alpha value is -2.22. The first-order valence-electron chi connectivity index (χ1n) is 8.82. The molecule has 0 saturated heterocycles. The predicted molar refractivity (Wildman–Crippen MR) is 102 cm³/mol. The van der Waals surface area contributed by atoms with Gasteiger partial charge < -0.3 is 5.32 Å². The molecule has 144 valence electrons. The molecule has 0 atom stereocenters. The van der Waals surface area contributed by atoms with Crippen molar-refractivity contribution in [3.05, 3.63) is 64.7 Å². The van der Waals surface area contributed by atoms with Gasteiger partial charge in [-0.15, -0.1) is 4.47 Å². The van der Waals surface area contributed by atoms with Crippen molar-refractivity contribution in [1.82, 2.24) is 9.79 Å². The monoisotopic (exact) mass is 388 g/mol. The summed E-state index contributed by atoms with van der Waals surface area (Å²) < 4.78 is 25.1. The molecule has 0 radical (unpaired) electrons. The number of fused-ring (bicyclic) bond motifs is 1. The van der Waals surface area contributed by atoms with E-state index in [1.54, 1.807) is 24.3 Å². The maximum Gasteiger partial charge on any atom is 0.292 e. The van der Waals surface area contributed by atoms with Crippen LogP contribution in [0.15, 0.2) is 47.4 Å². The van der Waals surface area contributed by atoms with Crippen molar-refractivity contribution in [2.24, 2.45) is 0 Å². The normalized spacial score (nSPS) is 14.5. The highest BCUT2D eigenvalue weighted by molar-refractivity contribution is 7.89. The Morgan fingerprint density at radius 3 is 2.37 bits per heavy atom. The van der Waals surface area contributed by atoms with Gasteiger partial charge in [-0.05, 0) is 59.3 Å². The molecular weight excluding hydrogens is 364 g/mol. The topological polar surface area (TPSA) is 86.7 Å². The van der Waals surface area contributed by atoms with Crippen molar-refractivity contribution in [3.8, 4) is 0 Å². The Labute approximate surface area is 159 Å². The van der Waals surface area contributed by atoms with Crippen LogP contribution in [0.3, 0.4) is 0 Å². The third-order valence-corrected chi connectivity index (χ3v) is 6.25. The molecule has 6 nitrogen and oxygen atoms in total. The largest absolute Gasteiger partial charge is 0.312 e. The molecule has 1 amide bonds. The van der Waals surface area contributed by atoms with Crippen molar-refractivity contribution in [3.63, 3.8) is 0 Å². The molecular formula is C20H24N2O4S. The van der Waals surface area contributed by atoms with Gasteiger partial charge in [0.25, 0.3) is 15.9 Å². The van der Waals surface area contributed by atoms with Crippen LogP contribution in [0.2, 0.25) is 0 Å². The third-order valence-electron chi connectivity index (χ3n) is 4.76. The smallest absolute Gasteiger partial charge is 0.292 e. The molecule has 0 aromatic heterocycles. The van der Waals surface area contributed by atoms with Crippen molar-refractivity contribution < 1.29 is 18.4 Å². The van der Waals surface area contributed by atoms with Gasteiger partial charge >= 0.3 is 0 Å². The van der Waals surface area contributed by atoms with Gasteiger partial charge in [0, 0.05) is 12.1 Å². The Bertz CT molecular complexity index is 960. The van der Waals surface area contributed by atoms with Crippen LogP contribution in [-0.2, 0) is 28.4 Å². The zero-order chi connectivity index (χ0) is 19.8. The first kappa shape index (κ1) is 19.5. The number of amides is 1. The quantitative estimate of drug-likeness (QED) is 0.624. The standard InChI is InChI=1S/C20H24N2O4S/c1-20(2,3)17-6-8-18(9-7-17)27(25,26)22(24)19(23)15-4-5-16-13-21-11-10-14(16)12-15/h4-9,12,21,24H,10-11,13H2,1-3H3. The van der Waals surface area contributed by atoms with E-state index in [1.165, 1.54) is 18.2 Å². The fraction of sp³-hybridized carbons (Fsp3) is 0.350. The Balaban J connectivity index is 1.87. The maximum atomic E-state index is 12.6. The fourth-order valence-corrected chi connectivity index (χ4v) is 4.06. The van der Waals surface area contributed by atoms with E-state index in [-0.39, 0.29) is 20.3 Å². The van der Waals surface area contributed by atoms with Crippen LogP contribution < -0.4 is 5.32 Å². The van der Waals surface area contributed by atoms with Gasteiger partial charge in [-0.1, -0.05) is 39.0 Å². The third kappa shape index (κ3) is 3.90.